The zero-order valence-electron chi connectivity index (χ0n) is 66.1. The number of imidazole rings is 1. The van der Waals surface area contributed by atoms with Crippen molar-refractivity contribution in [3.63, 3.8) is 0 Å². The summed E-state index contributed by atoms with van der Waals surface area (Å²) in [7, 11) is 7.15. The Morgan fingerprint density at radius 2 is 1.60 bits per heavy atom. The second-order valence-corrected chi connectivity index (χ2v) is 31.8. The van der Waals surface area contributed by atoms with Gasteiger partial charge < -0.3 is 93.3 Å². The van der Waals surface area contributed by atoms with Gasteiger partial charge in [0.15, 0.2) is 17.7 Å². The van der Waals surface area contributed by atoms with E-state index in [-0.39, 0.29) is 67.5 Å². The number of morpholine rings is 1. The number of nitrogens with zero attached hydrogens (tertiary/aromatic N) is 8. The topological polar surface area (TPSA) is 365 Å². The average molecular weight is 1560 g/mol. The van der Waals surface area contributed by atoms with E-state index >= 15 is 0 Å². The standard InChI is InChI=1S/C43H65N5O10.C18H34N2O6S.C16H20FN3O4/c1-12-33-43(8)37(48(41(53)58-43)19-14-13-18-47-23-31(45-24-47)30-16-15-17-44-22-30)27(4)34(49)25(2)21-42(7,54-11)38(28(5)35(50)29(6)39(52)56-33)57-40-36(51)32(46(9)10)20-26(3)55-40;1-5-6-10-7-11(20(3)8-10)17(25)19-12(9(2)21)16-14(23)13(22)15(24)18(26-16)27-4;1-11(21)18-9-13-10-20(16(22)24-13)12-2-3-15(14(17)8-12)19-4-6-23-7-5-19/h15-17,22-29,32-33,36-38,40,51H,12-14,18-21H2,1-11H3;9-16,18,21-24H,5-8H2,1-4H3,(H,19,25);2-3,8,13H,4-7,9-10H2,1H3,(H,18,21)/t25-,26+,27+,28-,29+,32-,33+,36+,37+,38+,40-,42-,43+;9-,10-,11+,12-,13+,14-,15-,16-,18-;13-/m010/s1. The molecule has 0 spiro atoms. The molecular weight excluding hydrogens is 1440 g/mol. The number of hydrogen-bond acceptors (Lipinski definition) is 26. The van der Waals surface area contributed by atoms with Crippen LogP contribution in [0.5, 0.6) is 0 Å². The highest BCUT2D eigenvalue weighted by molar-refractivity contribution is 7.99. The lowest BCUT2D eigenvalue weighted by molar-refractivity contribution is -0.295. The van der Waals surface area contributed by atoms with Gasteiger partial charge in [-0.05, 0) is 143 Å². The number of methoxy groups -OCH3 is 1. The number of hydrogen-bond donors (Lipinski definition) is 7. The van der Waals surface area contributed by atoms with Crippen LogP contribution in [0.15, 0.2) is 55.2 Å². The molecule has 7 aliphatic heterocycles. The molecule has 0 saturated carbocycles. The SMILES string of the molecule is CC(=O)NC[C@H]1CN(c2ccc(N3CCOCC3)c(F)c2)C(=O)O1.CCC[C@@H]1C[C@@H](C(=O)N[C@@H]([C@H]2O[C@H](SC)[C@H](O)[C@@H](O)[C@H]2O)[C@@H](C)O)N(C)C1.CC[C@H]1OC(=O)[C@H](C)C(=O)[C@H](C)[C@@H](O[C@@H]2O[C@H](C)C[C@H](N(C)C)[C@H]2O)[C@@](C)(OC)C[C@H](C)C(=O)[C@@H](C)[C@H]2N(CCCCn3cnc(-c4cccnc4)c3)C(=O)O[C@]12C. The van der Waals surface area contributed by atoms with Gasteiger partial charge in [0, 0.05) is 94.7 Å². The number of anilines is 2. The first-order chi connectivity index (χ1) is 51.6. The highest BCUT2D eigenvalue weighted by Crippen LogP contribution is 2.44. The van der Waals surface area contributed by atoms with Gasteiger partial charge in [0.25, 0.3) is 0 Å². The van der Waals surface area contributed by atoms with Gasteiger partial charge in [0.05, 0.1) is 91.7 Å². The molecule has 109 heavy (non-hydrogen) atoms. The Labute approximate surface area is 644 Å². The number of halogens is 1. The highest BCUT2D eigenvalue weighted by Gasteiger charge is 2.61. The maximum atomic E-state index is 14.7. The second kappa shape index (κ2) is 39.3. The van der Waals surface area contributed by atoms with Gasteiger partial charge in [-0.1, -0.05) is 41.0 Å². The fourth-order valence-electron chi connectivity index (χ4n) is 16.4. The van der Waals surface area contributed by atoms with Crippen molar-refractivity contribution in [1.29, 1.82) is 0 Å². The van der Waals surface area contributed by atoms with Crippen molar-refractivity contribution in [2.75, 3.05) is 96.8 Å². The Balaban J connectivity index is 0.000000240. The van der Waals surface area contributed by atoms with Crippen LogP contribution in [0.1, 0.15) is 128 Å². The summed E-state index contributed by atoms with van der Waals surface area (Å²) in [6.07, 6.45) is 1.98. The van der Waals surface area contributed by atoms with Gasteiger partial charge in [0.2, 0.25) is 11.8 Å². The number of esters is 1. The van der Waals surface area contributed by atoms with Crippen LogP contribution in [0.4, 0.5) is 25.4 Å². The van der Waals surface area contributed by atoms with E-state index in [1.165, 1.54) is 50.6 Å². The van der Waals surface area contributed by atoms with E-state index in [0.29, 0.717) is 75.9 Å². The maximum Gasteiger partial charge on any atom is 0.414 e. The number of ether oxygens (including phenoxy) is 8. The van der Waals surface area contributed by atoms with Crippen molar-refractivity contribution >= 4 is 64.7 Å². The fraction of sp³-hybridized carbons (Fsp3) is 0.727. The zero-order chi connectivity index (χ0) is 80.1. The number of thioether (sulfide) groups is 1. The summed E-state index contributed by atoms with van der Waals surface area (Å²) in [5.74, 6) is -5.28. The lowest BCUT2D eigenvalue weighted by atomic mass is 9.73. The third-order valence-electron chi connectivity index (χ3n) is 22.5. The minimum atomic E-state index is -1.42. The molecule has 0 aliphatic carbocycles. The number of carbonyl (C=O) groups excluding carboxylic acids is 7. The molecule has 7 saturated heterocycles. The molecule has 0 radical (unpaired) electrons. The van der Waals surface area contributed by atoms with Crippen LogP contribution in [-0.4, -0.2) is 291 Å². The van der Waals surface area contributed by atoms with Gasteiger partial charge in [0.1, 0.15) is 65.7 Å². The molecule has 7 N–H and O–H groups in total. The molecule has 9 heterocycles. The predicted molar refractivity (Wildman–Crippen MR) is 403 cm³/mol. The number of nitrogens with one attached hydrogen (secondary N) is 2. The molecule has 1 aromatic carbocycles. The van der Waals surface area contributed by atoms with E-state index in [9.17, 15) is 63.5 Å². The Morgan fingerprint density at radius 3 is 2.22 bits per heavy atom. The number of unbranched alkanes of at least 4 members (excludes halogenated alkanes) is 1. The molecule has 0 unspecified atom stereocenters. The number of benzene rings is 1. The Hall–Kier alpha value is -6.53. The number of likely N-dealkylation sites (tertiary alicyclic amines) is 1. The molecule has 3 aromatic rings. The smallest absolute Gasteiger partial charge is 0.414 e. The number of fused-ring (bicyclic) bond motifs is 1. The fourth-order valence-corrected chi connectivity index (χ4v) is 17.1. The minimum absolute atomic E-state index is 0.130. The first-order valence-corrected chi connectivity index (χ1v) is 39.6. The number of cyclic esters (lactones) is 2. The predicted octanol–water partition coefficient (Wildman–Crippen LogP) is 5.20. The first kappa shape index (κ1) is 88.0. The third kappa shape index (κ3) is 21.2. The lowest BCUT2D eigenvalue weighted by Crippen LogP contribution is -2.65. The van der Waals surface area contributed by atoms with Crippen LogP contribution < -0.4 is 20.4 Å². The summed E-state index contributed by atoms with van der Waals surface area (Å²) >= 11 is 1.20. The molecule has 30 nitrogen and oxygen atoms in total. The Morgan fingerprint density at radius 1 is 0.890 bits per heavy atom. The molecular formula is C77H119FN10O20S. The minimum Gasteiger partial charge on any atom is -0.458 e. The second-order valence-electron chi connectivity index (χ2n) is 30.9. The summed E-state index contributed by atoms with van der Waals surface area (Å²) in [4.78, 5) is 110. The third-order valence-corrected chi connectivity index (χ3v) is 23.4. The number of pyridine rings is 1. The molecule has 7 aliphatic rings. The van der Waals surface area contributed by atoms with Gasteiger partial charge in [-0.3, -0.25) is 38.8 Å². The number of aromatic nitrogens is 3. The molecule has 10 rings (SSSR count). The maximum absolute atomic E-state index is 14.7. The van der Waals surface area contributed by atoms with E-state index in [0.717, 1.165) is 37.1 Å². The van der Waals surface area contributed by atoms with Crippen LogP contribution >= 0.6 is 11.8 Å². The Bertz CT molecular complexity index is 3510. The molecule has 2 aromatic heterocycles. The molecule has 7 fully saturated rings. The number of likely N-dealkylation sites (N-methyl/N-ethyl adjacent to an activating group) is 2. The molecule has 4 amide bonds. The van der Waals surface area contributed by atoms with Gasteiger partial charge in [-0.15, -0.1) is 11.8 Å². The molecule has 0 bridgehead atoms. The van der Waals surface area contributed by atoms with Crippen molar-refractivity contribution in [2.24, 2.45) is 29.6 Å². The van der Waals surface area contributed by atoms with Gasteiger partial charge in [-0.25, -0.2) is 19.0 Å². The molecule has 32 heteroatoms. The normalized spacial score (nSPS) is 34.0. The van der Waals surface area contributed by atoms with E-state index in [1.807, 2.05) is 79.5 Å². The Kier molecular flexibility index (Phi) is 31.7. The van der Waals surface area contributed by atoms with Crippen molar-refractivity contribution in [3.05, 3.63) is 61.1 Å². The van der Waals surface area contributed by atoms with Crippen LogP contribution in [0.2, 0.25) is 0 Å². The monoisotopic (exact) mass is 1550 g/mol. The summed E-state index contributed by atoms with van der Waals surface area (Å²) in [6.45, 7) is 23.8. The number of amides is 4. The molecule has 610 valence electrons. The number of Topliss-reactive ketones (excluding diaryl/α,β-unsaturated/α-hetero) is 2. The highest BCUT2D eigenvalue weighted by atomic mass is 32.2. The number of aliphatic hydroxyl groups is 5. The first-order valence-electron chi connectivity index (χ1n) is 38.3. The average Bonchev–Trinajstić information content (AvgIpc) is 1.61. The van der Waals surface area contributed by atoms with Crippen LogP contribution in [0.25, 0.3) is 11.3 Å². The number of ketones is 2. The van der Waals surface area contributed by atoms with Crippen molar-refractivity contribution in [2.45, 2.75) is 242 Å². The van der Waals surface area contributed by atoms with E-state index in [1.54, 1.807) is 69.7 Å². The quantitative estimate of drug-likeness (QED) is 0.0294. The van der Waals surface area contributed by atoms with Crippen molar-refractivity contribution in [1.82, 2.24) is 39.9 Å². The van der Waals surface area contributed by atoms with E-state index < -0.39 is 138 Å². The number of carbonyl (C=O) groups is 7. The largest absolute Gasteiger partial charge is 0.458 e. The zero-order valence-corrected chi connectivity index (χ0v) is 66.9. The van der Waals surface area contributed by atoms with Crippen LogP contribution in [0, 0.1) is 35.4 Å². The van der Waals surface area contributed by atoms with Crippen molar-refractivity contribution < 1.29 is 101 Å². The molecule has 23 atom stereocenters. The van der Waals surface area contributed by atoms with E-state index in [2.05, 4.69) is 27.5 Å². The summed E-state index contributed by atoms with van der Waals surface area (Å²) in [6, 6.07) is 6.26. The lowest BCUT2D eigenvalue weighted by Gasteiger charge is -2.47. The number of aliphatic hydroxyl groups excluding tert-OH is 5. The van der Waals surface area contributed by atoms with Crippen LogP contribution in [-0.2, 0) is 68.4 Å². The van der Waals surface area contributed by atoms with Crippen LogP contribution in [0.3, 0.4) is 0 Å². The number of aryl methyl sites for hydroxylation is 1. The van der Waals surface area contributed by atoms with E-state index in [4.69, 9.17) is 37.9 Å². The van der Waals surface area contributed by atoms with Gasteiger partial charge in [-0.2, -0.15) is 0 Å². The van der Waals surface area contributed by atoms with Crippen molar-refractivity contribution in [3.8, 4) is 11.3 Å². The summed E-state index contributed by atoms with van der Waals surface area (Å²) in [5.41, 5.74) is -0.745. The van der Waals surface area contributed by atoms with Gasteiger partial charge >= 0.3 is 18.2 Å². The number of rotatable bonds is 22. The summed E-state index contributed by atoms with van der Waals surface area (Å²) < 4.78 is 63.8. The summed E-state index contributed by atoms with van der Waals surface area (Å²) in [5, 5.41) is 57.6.